The van der Waals surface area contributed by atoms with Crippen molar-refractivity contribution >= 4 is 26.6 Å². The van der Waals surface area contributed by atoms with Gasteiger partial charge in [-0.25, -0.2) is 27.7 Å². The highest BCUT2D eigenvalue weighted by Crippen LogP contribution is 2.31. The molecule has 2 aromatic carbocycles. The van der Waals surface area contributed by atoms with Crippen molar-refractivity contribution in [3.63, 3.8) is 0 Å². The first-order valence-electron chi connectivity index (χ1n) is 9.58. The maximum atomic E-state index is 12.5. The van der Waals surface area contributed by atoms with Gasteiger partial charge in [-0.05, 0) is 35.7 Å². The number of hydrogen-bond acceptors (Lipinski definition) is 7. The second kappa shape index (κ2) is 7.93. The van der Waals surface area contributed by atoms with Gasteiger partial charge in [0.2, 0.25) is 15.9 Å². The molecule has 0 saturated carbocycles. The molecule has 0 amide bonds. The number of nitrogens with two attached hydrogens (primary N) is 1. The molecule has 0 aliphatic rings. The van der Waals surface area contributed by atoms with Crippen LogP contribution in [0, 0.1) is 0 Å². The summed E-state index contributed by atoms with van der Waals surface area (Å²) in [6.07, 6.45) is 3.08. The largest absolute Gasteiger partial charge is 0.493 e. The van der Waals surface area contributed by atoms with E-state index in [0.717, 1.165) is 16.5 Å². The molecule has 0 unspecified atom stereocenters. The molecule has 0 aliphatic heterocycles. The number of rotatable bonds is 5. The van der Waals surface area contributed by atoms with Crippen molar-refractivity contribution in [1.29, 1.82) is 0 Å². The maximum absolute atomic E-state index is 12.5. The lowest BCUT2D eigenvalue weighted by Crippen LogP contribution is -2.26. The molecule has 0 saturated heterocycles. The summed E-state index contributed by atoms with van der Waals surface area (Å²) >= 11 is 0. The van der Waals surface area contributed by atoms with Crippen LogP contribution < -0.4 is 5.73 Å². The fourth-order valence-electron chi connectivity index (χ4n) is 3.21. The summed E-state index contributed by atoms with van der Waals surface area (Å²) in [5, 5.41) is 11.3. The monoisotopic (exact) mass is 435 g/mol. The van der Waals surface area contributed by atoms with Crippen molar-refractivity contribution < 1.29 is 13.5 Å². The summed E-state index contributed by atoms with van der Waals surface area (Å²) in [5.74, 6) is 0.228. The average molecular weight is 436 g/mol. The van der Waals surface area contributed by atoms with Gasteiger partial charge in [0.1, 0.15) is 11.5 Å². The molecule has 4 rings (SSSR count). The van der Waals surface area contributed by atoms with Crippen LogP contribution in [0.25, 0.3) is 33.3 Å². The van der Waals surface area contributed by atoms with Crippen LogP contribution >= 0.6 is 0 Å². The zero-order valence-corrected chi connectivity index (χ0v) is 17.8. The first kappa shape index (κ1) is 20.7. The van der Waals surface area contributed by atoms with E-state index in [9.17, 15) is 13.5 Å². The predicted octanol–water partition coefficient (Wildman–Crippen LogP) is 3.29. The van der Waals surface area contributed by atoms with Crippen LogP contribution in [0.3, 0.4) is 0 Å². The summed E-state index contributed by atoms with van der Waals surface area (Å²) in [7, 11) is -1.98. The van der Waals surface area contributed by atoms with Gasteiger partial charge in [0.25, 0.3) is 0 Å². The van der Waals surface area contributed by atoms with E-state index in [4.69, 9.17) is 5.73 Å². The Labute approximate surface area is 180 Å². The quantitative estimate of drug-likeness (QED) is 0.493. The van der Waals surface area contributed by atoms with E-state index in [-0.39, 0.29) is 16.6 Å². The molecule has 0 fully saturated rings. The van der Waals surface area contributed by atoms with E-state index in [1.807, 2.05) is 6.07 Å². The van der Waals surface area contributed by atoms with E-state index >= 15 is 0 Å². The molecule has 0 aliphatic carbocycles. The Balaban J connectivity index is 1.73. The lowest BCUT2D eigenvalue weighted by molar-refractivity contribution is 0.460. The number of fused-ring (bicyclic) bond motifs is 1. The highest BCUT2D eigenvalue weighted by atomic mass is 32.2. The SMILES string of the molecule is CCN(C)S(=O)(=O)c1ccc(-c2cnc(N)c(-c3ccc4c(O)nccc4c3)n2)cc1. The van der Waals surface area contributed by atoms with Crippen molar-refractivity contribution in [2.75, 3.05) is 19.3 Å². The Bertz CT molecular complexity index is 1370. The van der Waals surface area contributed by atoms with Crippen molar-refractivity contribution in [3.8, 4) is 28.4 Å². The number of pyridine rings is 1. The van der Waals surface area contributed by atoms with Crippen molar-refractivity contribution in [1.82, 2.24) is 19.3 Å². The molecule has 0 spiro atoms. The van der Waals surface area contributed by atoms with Crippen LogP contribution in [0.5, 0.6) is 5.88 Å². The Hall–Kier alpha value is -3.56. The molecule has 3 N–H and O–H groups in total. The van der Waals surface area contributed by atoms with Crippen molar-refractivity contribution in [2.45, 2.75) is 11.8 Å². The molecule has 0 radical (unpaired) electrons. The van der Waals surface area contributed by atoms with Crippen LogP contribution in [0.1, 0.15) is 6.92 Å². The van der Waals surface area contributed by atoms with Gasteiger partial charge in [0.05, 0.1) is 16.8 Å². The highest BCUT2D eigenvalue weighted by molar-refractivity contribution is 7.89. The van der Waals surface area contributed by atoms with E-state index in [1.54, 1.807) is 62.6 Å². The van der Waals surface area contributed by atoms with E-state index in [2.05, 4.69) is 15.0 Å². The lowest BCUT2D eigenvalue weighted by Gasteiger charge is -2.15. The highest BCUT2D eigenvalue weighted by Gasteiger charge is 2.19. The average Bonchev–Trinajstić information content (AvgIpc) is 2.79. The minimum absolute atomic E-state index is 0.0411. The van der Waals surface area contributed by atoms with Gasteiger partial charge in [-0.15, -0.1) is 0 Å². The summed E-state index contributed by atoms with van der Waals surface area (Å²) in [6.45, 7) is 2.17. The second-order valence-electron chi connectivity index (χ2n) is 7.00. The number of nitrogen functional groups attached to an aromatic ring is 1. The topological polar surface area (TPSA) is 122 Å². The van der Waals surface area contributed by atoms with Gasteiger partial charge in [0.15, 0.2) is 0 Å². The van der Waals surface area contributed by atoms with Crippen LogP contribution in [0.15, 0.2) is 65.8 Å². The Kier molecular flexibility index (Phi) is 5.30. The predicted molar refractivity (Wildman–Crippen MR) is 120 cm³/mol. The van der Waals surface area contributed by atoms with Crippen LogP contribution in [-0.4, -0.2) is 46.4 Å². The molecule has 31 heavy (non-hydrogen) atoms. The molecule has 2 heterocycles. The van der Waals surface area contributed by atoms with Gasteiger partial charge in [-0.2, -0.15) is 0 Å². The Morgan fingerprint density at radius 2 is 1.74 bits per heavy atom. The normalized spacial score (nSPS) is 11.8. The van der Waals surface area contributed by atoms with Crippen molar-refractivity contribution in [3.05, 3.63) is 60.9 Å². The van der Waals surface area contributed by atoms with Gasteiger partial charge >= 0.3 is 0 Å². The fourth-order valence-corrected chi connectivity index (χ4v) is 4.39. The van der Waals surface area contributed by atoms with Crippen LogP contribution in [0.4, 0.5) is 5.82 Å². The molecule has 9 heteroatoms. The van der Waals surface area contributed by atoms with E-state index < -0.39 is 10.0 Å². The zero-order chi connectivity index (χ0) is 22.2. The van der Waals surface area contributed by atoms with Gasteiger partial charge < -0.3 is 10.8 Å². The van der Waals surface area contributed by atoms with Crippen molar-refractivity contribution in [2.24, 2.45) is 0 Å². The summed E-state index contributed by atoms with van der Waals surface area (Å²) in [6, 6.07) is 13.7. The smallest absolute Gasteiger partial charge is 0.242 e. The number of hydrogen-bond donors (Lipinski definition) is 2. The number of anilines is 1. The standard InChI is InChI=1S/C22H21N5O3S/c1-3-27(2)31(29,30)17-7-4-14(5-8-17)19-13-25-21(23)20(26-19)16-6-9-18-15(12-16)10-11-24-22(18)28/h4-13H,3H2,1-2H3,(H2,23,25)(H,24,28). The number of aromatic hydroxyl groups is 1. The third-order valence-corrected chi connectivity index (χ3v) is 7.07. The molecule has 4 aromatic rings. The number of nitrogens with zero attached hydrogens (tertiary/aromatic N) is 4. The third kappa shape index (κ3) is 3.80. The fraction of sp³-hybridized carbons (Fsp3) is 0.136. The summed E-state index contributed by atoms with van der Waals surface area (Å²) in [4.78, 5) is 13.0. The maximum Gasteiger partial charge on any atom is 0.242 e. The molecule has 8 nitrogen and oxygen atoms in total. The molecule has 0 bridgehead atoms. The van der Waals surface area contributed by atoms with E-state index in [1.165, 1.54) is 10.5 Å². The van der Waals surface area contributed by atoms with Gasteiger partial charge in [-0.1, -0.05) is 25.1 Å². The number of sulfonamides is 1. The molecular formula is C22H21N5O3S. The molecule has 0 atom stereocenters. The van der Waals surface area contributed by atoms with Gasteiger partial charge in [0, 0.05) is 36.3 Å². The minimum atomic E-state index is -3.52. The number of benzene rings is 2. The van der Waals surface area contributed by atoms with Crippen LogP contribution in [0.2, 0.25) is 0 Å². The van der Waals surface area contributed by atoms with Gasteiger partial charge in [-0.3, -0.25) is 0 Å². The number of aromatic nitrogens is 3. The van der Waals surface area contributed by atoms with E-state index in [0.29, 0.717) is 23.3 Å². The Morgan fingerprint density at radius 1 is 1.03 bits per heavy atom. The summed E-state index contributed by atoms with van der Waals surface area (Å²) in [5.41, 5.74) is 8.61. The third-order valence-electron chi connectivity index (χ3n) is 5.12. The molecular weight excluding hydrogens is 414 g/mol. The second-order valence-corrected chi connectivity index (χ2v) is 9.05. The Morgan fingerprint density at radius 3 is 2.45 bits per heavy atom. The molecule has 158 valence electrons. The zero-order valence-electron chi connectivity index (χ0n) is 17.0. The summed E-state index contributed by atoms with van der Waals surface area (Å²) < 4.78 is 26.3. The molecule has 2 aromatic heterocycles. The minimum Gasteiger partial charge on any atom is -0.493 e. The van der Waals surface area contributed by atoms with Crippen LogP contribution in [-0.2, 0) is 10.0 Å². The first-order chi connectivity index (χ1) is 14.8. The lowest BCUT2D eigenvalue weighted by atomic mass is 10.1. The first-order valence-corrected chi connectivity index (χ1v) is 11.0.